The minimum Gasteiger partial charge on any atom is -0.484 e. The summed E-state index contributed by atoms with van der Waals surface area (Å²) >= 11 is 0. The molecule has 2 atom stereocenters. The number of aliphatic hydroxyl groups is 1. The zero-order valence-electron chi connectivity index (χ0n) is 15.2. The number of carbonyl (C=O) groups excluding carboxylic acids is 1. The summed E-state index contributed by atoms with van der Waals surface area (Å²) in [5.74, 6) is 0.755. The van der Waals surface area contributed by atoms with Crippen molar-refractivity contribution in [3.05, 3.63) is 29.8 Å². The van der Waals surface area contributed by atoms with Gasteiger partial charge in [-0.3, -0.25) is 4.79 Å². The van der Waals surface area contributed by atoms with Gasteiger partial charge < -0.3 is 19.5 Å². The Kier molecular flexibility index (Phi) is 5.64. The van der Waals surface area contributed by atoms with Gasteiger partial charge in [0.15, 0.2) is 6.61 Å². The maximum absolute atomic E-state index is 12.4. The smallest absolute Gasteiger partial charge is 0.260 e. The third kappa shape index (κ3) is 3.67. The van der Waals surface area contributed by atoms with Crippen molar-refractivity contribution in [1.82, 2.24) is 4.90 Å². The number of hydrogen-bond donors (Lipinski definition) is 1. The average molecular weight is 347 g/mol. The van der Waals surface area contributed by atoms with E-state index in [1.165, 1.54) is 5.56 Å². The molecule has 0 bridgehead atoms. The molecule has 1 saturated carbocycles. The lowest BCUT2D eigenvalue weighted by Gasteiger charge is -2.56. The van der Waals surface area contributed by atoms with Crippen molar-refractivity contribution < 1.29 is 19.4 Å². The summed E-state index contributed by atoms with van der Waals surface area (Å²) in [5.41, 5.74) is 1.05. The van der Waals surface area contributed by atoms with Crippen molar-refractivity contribution in [2.24, 2.45) is 5.41 Å². The summed E-state index contributed by atoms with van der Waals surface area (Å²) in [7, 11) is 0. The topological polar surface area (TPSA) is 59.0 Å². The number of benzene rings is 1. The predicted octanol–water partition coefficient (Wildman–Crippen LogP) is 2.41. The Hall–Kier alpha value is -1.59. The Morgan fingerprint density at radius 1 is 1.32 bits per heavy atom. The van der Waals surface area contributed by atoms with E-state index in [1.807, 2.05) is 30.0 Å². The molecule has 1 N–H and O–H groups in total. The van der Waals surface area contributed by atoms with Crippen LogP contribution in [0.15, 0.2) is 24.3 Å². The van der Waals surface area contributed by atoms with Crippen molar-refractivity contribution in [3.63, 3.8) is 0 Å². The highest BCUT2D eigenvalue weighted by atomic mass is 16.5. The number of ether oxygens (including phenoxy) is 2. The molecule has 2 fully saturated rings. The minimum atomic E-state index is -0.297. The van der Waals surface area contributed by atoms with Crippen molar-refractivity contribution in [3.8, 4) is 5.75 Å². The molecule has 1 heterocycles. The molecule has 2 aliphatic rings. The molecule has 1 aliphatic carbocycles. The normalized spacial score (nSPS) is 24.8. The molecule has 0 radical (unpaired) electrons. The van der Waals surface area contributed by atoms with Crippen LogP contribution in [0.25, 0.3) is 0 Å². The highest BCUT2D eigenvalue weighted by Crippen LogP contribution is 2.50. The Morgan fingerprint density at radius 3 is 2.72 bits per heavy atom. The van der Waals surface area contributed by atoms with E-state index in [-0.39, 0.29) is 30.1 Å². The second-order valence-corrected chi connectivity index (χ2v) is 7.10. The number of likely N-dealkylation sites (tertiary alicyclic amines) is 1. The van der Waals surface area contributed by atoms with Gasteiger partial charge in [-0.05, 0) is 43.9 Å². The first-order valence-corrected chi connectivity index (χ1v) is 9.38. The molecule has 25 heavy (non-hydrogen) atoms. The van der Waals surface area contributed by atoms with Crippen LogP contribution in [-0.4, -0.2) is 54.4 Å². The summed E-state index contributed by atoms with van der Waals surface area (Å²) < 4.78 is 11.4. The highest BCUT2D eigenvalue weighted by Gasteiger charge is 2.56. The molecule has 0 aromatic heterocycles. The second-order valence-electron chi connectivity index (χ2n) is 7.10. The van der Waals surface area contributed by atoms with E-state index in [0.717, 1.165) is 31.4 Å². The third-order valence-corrected chi connectivity index (χ3v) is 5.83. The van der Waals surface area contributed by atoms with Crippen LogP contribution in [0.1, 0.15) is 38.7 Å². The number of aliphatic hydroxyl groups excluding tert-OH is 1. The zero-order chi connectivity index (χ0) is 17.9. The van der Waals surface area contributed by atoms with Crippen LogP contribution in [-0.2, 0) is 16.0 Å². The Labute approximate surface area is 149 Å². The fourth-order valence-electron chi connectivity index (χ4n) is 4.08. The number of nitrogens with zero attached hydrogens (tertiary/aromatic N) is 1. The van der Waals surface area contributed by atoms with Crippen LogP contribution >= 0.6 is 0 Å². The molecule has 1 aliphatic heterocycles. The number of carbonyl (C=O) groups is 1. The van der Waals surface area contributed by atoms with Gasteiger partial charge in [0.25, 0.3) is 5.91 Å². The van der Waals surface area contributed by atoms with E-state index in [4.69, 9.17) is 9.47 Å². The van der Waals surface area contributed by atoms with E-state index in [9.17, 15) is 9.90 Å². The molecule has 1 spiro atoms. The van der Waals surface area contributed by atoms with E-state index >= 15 is 0 Å². The van der Waals surface area contributed by atoms with Crippen molar-refractivity contribution in [2.75, 3.05) is 26.3 Å². The standard InChI is InChI=1S/C20H29NO4/c1-3-15-6-5-7-16(12-15)25-14-19(23)21-10-8-20(9-11-21)17(22)13-18(20)24-4-2/h5-7,12,17-18,22H,3-4,8-11,13-14H2,1-2H3/t17-,18+/m0/s1. The highest BCUT2D eigenvalue weighted by molar-refractivity contribution is 5.77. The van der Waals surface area contributed by atoms with Crippen LogP contribution in [0.5, 0.6) is 5.75 Å². The van der Waals surface area contributed by atoms with Crippen LogP contribution < -0.4 is 4.74 Å². The SMILES string of the molecule is CCO[C@@H]1C[C@H](O)C12CCN(C(=O)COc1cccc(CC)c1)CC2. The maximum Gasteiger partial charge on any atom is 0.260 e. The Balaban J connectivity index is 1.50. The fourth-order valence-corrected chi connectivity index (χ4v) is 4.08. The summed E-state index contributed by atoms with van der Waals surface area (Å²) in [6.07, 6.45) is 3.11. The van der Waals surface area contributed by atoms with Gasteiger partial charge in [-0.25, -0.2) is 0 Å². The molecule has 1 saturated heterocycles. The molecule has 1 amide bonds. The summed E-state index contributed by atoms with van der Waals surface area (Å²) in [6.45, 7) is 6.15. The molecular formula is C20H29NO4. The second kappa shape index (κ2) is 7.75. The first kappa shape index (κ1) is 18.2. The number of aryl methyl sites for hydroxylation is 1. The number of rotatable bonds is 6. The van der Waals surface area contributed by atoms with Crippen LogP contribution in [0.3, 0.4) is 0 Å². The van der Waals surface area contributed by atoms with Crippen molar-refractivity contribution in [2.45, 2.75) is 51.7 Å². The molecular weight excluding hydrogens is 318 g/mol. The van der Waals surface area contributed by atoms with Gasteiger partial charge in [0.2, 0.25) is 0 Å². The number of amides is 1. The summed E-state index contributed by atoms with van der Waals surface area (Å²) in [4.78, 5) is 14.3. The van der Waals surface area contributed by atoms with Gasteiger partial charge in [-0.2, -0.15) is 0 Å². The van der Waals surface area contributed by atoms with E-state index in [1.54, 1.807) is 0 Å². The van der Waals surface area contributed by atoms with Gasteiger partial charge in [0.05, 0.1) is 12.2 Å². The van der Waals surface area contributed by atoms with Crippen molar-refractivity contribution >= 4 is 5.91 Å². The minimum absolute atomic E-state index is 0.0125. The largest absolute Gasteiger partial charge is 0.484 e. The van der Waals surface area contributed by atoms with Gasteiger partial charge in [0.1, 0.15) is 5.75 Å². The van der Waals surface area contributed by atoms with Gasteiger partial charge in [0, 0.05) is 31.5 Å². The molecule has 5 heteroatoms. The molecule has 3 rings (SSSR count). The first-order valence-electron chi connectivity index (χ1n) is 9.38. The lowest BCUT2D eigenvalue weighted by atomic mass is 9.58. The number of hydrogen-bond acceptors (Lipinski definition) is 4. The molecule has 138 valence electrons. The van der Waals surface area contributed by atoms with E-state index in [0.29, 0.717) is 19.7 Å². The first-order chi connectivity index (χ1) is 12.1. The Morgan fingerprint density at radius 2 is 2.08 bits per heavy atom. The lowest BCUT2D eigenvalue weighted by Crippen LogP contribution is -2.62. The Bertz CT molecular complexity index is 593. The zero-order valence-corrected chi connectivity index (χ0v) is 15.2. The van der Waals surface area contributed by atoms with Crippen LogP contribution in [0.2, 0.25) is 0 Å². The van der Waals surface area contributed by atoms with Gasteiger partial charge in [-0.15, -0.1) is 0 Å². The van der Waals surface area contributed by atoms with E-state index in [2.05, 4.69) is 13.0 Å². The molecule has 1 aromatic rings. The van der Waals surface area contributed by atoms with E-state index < -0.39 is 0 Å². The molecule has 1 aromatic carbocycles. The summed E-state index contributed by atoms with van der Waals surface area (Å²) in [6, 6.07) is 7.87. The fraction of sp³-hybridized carbons (Fsp3) is 0.650. The average Bonchev–Trinajstić information content (AvgIpc) is 2.66. The molecule has 0 unspecified atom stereocenters. The predicted molar refractivity (Wildman–Crippen MR) is 95.6 cm³/mol. The van der Waals surface area contributed by atoms with Gasteiger partial charge in [-0.1, -0.05) is 19.1 Å². The van der Waals surface area contributed by atoms with Gasteiger partial charge >= 0.3 is 0 Å². The third-order valence-electron chi connectivity index (χ3n) is 5.83. The van der Waals surface area contributed by atoms with Crippen molar-refractivity contribution in [1.29, 1.82) is 0 Å². The van der Waals surface area contributed by atoms with Crippen LogP contribution in [0.4, 0.5) is 0 Å². The quantitative estimate of drug-likeness (QED) is 0.858. The molecule has 5 nitrogen and oxygen atoms in total. The number of piperidine rings is 1. The monoisotopic (exact) mass is 347 g/mol. The maximum atomic E-state index is 12.4. The summed E-state index contributed by atoms with van der Waals surface area (Å²) in [5, 5.41) is 10.2. The lowest BCUT2D eigenvalue weighted by molar-refractivity contribution is -0.210. The van der Waals surface area contributed by atoms with Crippen LogP contribution in [0, 0.1) is 5.41 Å².